The van der Waals surface area contributed by atoms with Crippen LogP contribution in [0.4, 0.5) is 0 Å². The molecular formula is C13H12O3. The average Bonchev–Trinajstić information content (AvgIpc) is 2.53. The first-order valence-corrected chi connectivity index (χ1v) is 5.56. The van der Waals surface area contributed by atoms with E-state index in [1.165, 1.54) is 0 Å². The monoisotopic (exact) mass is 216 g/mol. The molecule has 1 spiro atoms. The smallest absolute Gasteiger partial charge is 0.306 e. The zero-order chi connectivity index (χ0) is 11.2. The Morgan fingerprint density at radius 3 is 2.75 bits per heavy atom. The molecule has 0 radical (unpaired) electrons. The van der Waals surface area contributed by atoms with Gasteiger partial charge in [-0.3, -0.25) is 9.59 Å². The molecule has 3 heteroatoms. The molecule has 16 heavy (non-hydrogen) atoms. The fourth-order valence-corrected chi connectivity index (χ4v) is 2.65. The molecule has 3 nitrogen and oxygen atoms in total. The highest BCUT2D eigenvalue weighted by atomic mass is 16.6. The fraction of sp³-hybridized carbons (Fsp3) is 0.385. The van der Waals surface area contributed by atoms with Gasteiger partial charge in [0.15, 0.2) is 5.60 Å². The normalized spacial score (nSPS) is 28.0. The summed E-state index contributed by atoms with van der Waals surface area (Å²) < 4.78 is 5.34. The standard InChI is InChI=1S/C13H12O3/c14-11-6-3-7-13(16-11)8-9-4-1-2-5-10(9)12(13)15/h1-2,4-5H,3,6-8H2. The summed E-state index contributed by atoms with van der Waals surface area (Å²) in [6.07, 6.45) is 2.39. The quantitative estimate of drug-likeness (QED) is 0.622. The fourth-order valence-electron chi connectivity index (χ4n) is 2.65. The van der Waals surface area contributed by atoms with E-state index in [4.69, 9.17) is 4.74 Å². The van der Waals surface area contributed by atoms with Gasteiger partial charge in [-0.15, -0.1) is 0 Å². The van der Waals surface area contributed by atoms with Gasteiger partial charge in [0.1, 0.15) is 0 Å². The van der Waals surface area contributed by atoms with Crippen LogP contribution in [0.25, 0.3) is 0 Å². The molecule has 1 saturated heterocycles. The van der Waals surface area contributed by atoms with Crippen molar-refractivity contribution in [2.45, 2.75) is 31.3 Å². The summed E-state index contributed by atoms with van der Waals surface area (Å²) >= 11 is 0. The second kappa shape index (κ2) is 3.17. The molecule has 1 aromatic rings. The number of rotatable bonds is 0. The second-order valence-electron chi connectivity index (χ2n) is 4.48. The van der Waals surface area contributed by atoms with Crippen LogP contribution in [-0.2, 0) is 16.0 Å². The van der Waals surface area contributed by atoms with Gasteiger partial charge in [0.05, 0.1) is 0 Å². The van der Waals surface area contributed by atoms with E-state index in [1.54, 1.807) is 0 Å². The van der Waals surface area contributed by atoms with E-state index >= 15 is 0 Å². The highest BCUT2D eigenvalue weighted by molar-refractivity contribution is 6.08. The minimum atomic E-state index is -0.876. The molecule has 0 aromatic heterocycles. The Labute approximate surface area is 93.4 Å². The molecule has 82 valence electrons. The Balaban J connectivity index is 2.02. The summed E-state index contributed by atoms with van der Waals surface area (Å²) in [5.74, 6) is -0.261. The average molecular weight is 216 g/mol. The van der Waals surface area contributed by atoms with Crippen LogP contribution >= 0.6 is 0 Å². The third-order valence-electron chi connectivity index (χ3n) is 3.42. The van der Waals surface area contributed by atoms with E-state index in [-0.39, 0.29) is 11.8 Å². The van der Waals surface area contributed by atoms with Gasteiger partial charge in [0.25, 0.3) is 0 Å². The van der Waals surface area contributed by atoms with Crippen molar-refractivity contribution < 1.29 is 14.3 Å². The number of hydrogen-bond acceptors (Lipinski definition) is 3. The number of carbonyl (C=O) groups is 2. The van der Waals surface area contributed by atoms with Gasteiger partial charge in [0, 0.05) is 18.4 Å². The van der Waals surface area contributed by atoms with Crippen LogP contribution < -0.4 is 0 Å². The van der Waals surface area contributed by atoms with Crippen LogP contribution in [-0.4, -0.2) is 17.4 Å². The predicted molar refractivity (Wildman–Crippen MR) is 57.2 cm³/mol. The minimum absolute atomic E-state index is 0.0175. The number of benzene rings is 1. The Morgan fingerprint density at radius 2 is 2.00 bits per heavy atom. The molecule has 1 heterocycles. The highest BCUT2D eigenvalue weighted by Crippen LogP contribution is 2.39. The van der Waals surface area contributed by atoms with Crippen molar-refractivity contribution in [3.8, 4) is 0 Å². The number of Topliss-reactive ketones (excluding diaryl/α,β-unsaturated/α-hetero) is 1. The van der Waals surface area contributed by atoms with Crippen molar-refractivity contribution in [3.63, 3.8) is 0 Å². The van der Waals surface area contributed by atoms with E-state index in [1.807, 2.05) is 24.3 Å². The van der Waals surface area contributed by atoms with E-state index < -0.39 is 5.60 Å². The van der Waals surface area contributed by atoms with Crippen molar-refractivity contribution >= 4 is 11.8 Å². The minimum Gasteiger partial charge on any atom is -0.450 e. The van der Waals surface area contributed by atoms with Crippen LogP contribution in [0.2, 0.25) is 0 Å². The molecule has 2 aliphatic rings. The van der Waals surface area contributed by atoms with Gasteiger partial charge in [-0.2, -0.15) is 0 Å². The molecule has 1 aliphatic heterocycles. The van der Waals surface area contributed by atoms with Crippen molar-refractivity contribution in [1.29, 1.82) is 0 Å². The van der Waals surface area contributed by atoms with Crippen LogP contribution in [0.5, 0.6) is 0 Å². The third kappa shape index (κ3) is 1.21. The van der Waals surface area contributed by atoms with Crippen LogP contribution in [0, 0.1) is 0 Å². The Kier molecular flexibility index (Phi) is 1.90. The Morgan fingerprint density at radius 1 is 1.19 bits per heavy atom. The Bertz CT molecular complexity index is 478. The molecule has 1 fully saturated rings. The summed E-state index contributed by atoms with van der Waals surface area (Å²) in [5, 5.41) is 0. The summed E-state index contributed by atoms with van der Waals surface area (Å²) in [7, 11) is 0. The van der Waals surface area contributed by atoms with E-state index in [0.717, 1.165) is 17.5 Å². The van der Waals surface area contributed by atoms with Gasteiger partial charge in [0.2, 0.25) is 5.78 Å². The number of ether oxygens (including phenoxy) is 1. The zero-order valence-electron chi connectivity index (χ0n) is 8.86. The molecule has 3 rings (SSSR count). The van der Waals surface area contributed by atoms with Gasteiger partial charge >= 0.3 is 5.97 Å². The summed E-state index contributed by atoms with van der Waals surface area (Å²) in [5.41, 5.74) is 0.846. The predicted octanol–water partition coefficient (Wildman–Crippen LogP) is 1.89. The van der Waals surface area contributed by atoms with Gasteiger partial charge in [-0.05, 0) is 18.4 Å². The number of ketones is 1. The number of esters is 1. The molecule has 1 atom stereocenters. The molecule has 0 bridgehead atoms. The van der Waals surface area contributed by atoms with Crippen molar-refractivity contribution in [1.82, 2.24) is 0 Å². The van der Waals surface area contributed by atoms with Gasteiger partial charge in [-0.25, -0.2) is 0 Å². The first kappa shape index (κ1) is 9.58. The van der Waals surface area contributed by atoms with E-state index in [2.05, 4.69) is 0 Å². The lowest BCUT2D eigenvalue weighted by molar-refractivity contribution is -0.160. The topological polar surface area (TPSA) is 43.4 Å². The summed E-state index contributed by atoms with van der Waals surface area (Å²) in [6, 6.07) is 7.51. The molecule has 1 aromatic carbocycles. The van der Waals surface area contributed by atoms with Gasteiger partial charge < -0.3 is 4.74 Å². The number of fused-ring (bicyclic) bond motifs is 1. The molecule has 0 amide bonds. The van der Waals surface area contributed by atoms with Crippen LogP contribution in [0.1, 0.15) is 35.2 Å². The SMILES string of the molecule is O=C1CCCC2(Cc3ccccc3C2=O)O1. The van der Waals surface area contributed by atoms with Crippen LogP contribution in [0.3, 0.4) is 0 Å². The largest absolute Gasteiger partial charge is 0.450 e. The lowest BCUT2D eigenvalue weighted by Gasteiger charge is -2.31. The third-order valence-corrected chi connectivity index (χ3v) is 3.42. The number of hydrogen-bond donors (Lipinski definition) is 0. The van der Waals surface area contributed by atoms with Crippen molar-refractivity contribution in [2.75, 3.05) is 0 Å². The lowest BCUT2D eigenvalue weighted by Crippen LogP contribution is -2.44. The molecular weight excluding hydrogens is 204 g/mol. The molecule has 0 N–H and O–H groups in total. The highest BCUT2D eigenvalue weighted by Gasteiger charge is 2.49. The van der Waals surface area contributed by atoms with Crippen LogP contribution in [0.15, 0.2) is 24.3 Å². The first-order chi connectivity index (χ1) is 7.71. The van der Waals surface area contributed by atoms with Crippen molar-refractivity contribution in [3.05, 3.63) is 35.4 Å². The first-order valence-electron chi connectivity index (χ1n) is 5.56. The molecule has 0 saturated carbocycles. The Hall–Kier alpha value is -1.64. The van der Waals surface area contributed by atoms with E-state index in [9.17, 15) is 9.59 Å². The second-order valence-corrected chi connectivity index (χ2v) is 4.48. The van der Waals surface area contributed by atoms with E-state index in [0.29, 0.717) is 19.3 Å². The maximum Gasteiger partial charge on any atom is 0.306 e. The maximum atomic E-state index is 12.2. The molecule has 1 aliphatic carbocycles. The zero-order valence-corrected chi connectivity index (χ0v) is 8.86. The van der Waals surface area contributed by atoms with Gasteiger partial charge in [-0.1, -0.05) is 24.3 Å². The molecule has 1 unspecified atom stereocenters. The van der Waals surface area contributed by atoms with Crippen molar-refractivity contribution in [2.24, 2.45) is 0 Å². The maximum absolute atomic E-state index is 12.2. The number of carbonyl (C=O) groups excluding carboxylic acids is 2. The lowest BCUT2D eigenvalue weighted by atomic mass is 9.90. The summed E-state index contributed by atoms with van der Waals surface area (Å²) in [4.78, 5) is 23.6. The summed E-state index contributed by atoms with van der Waals surface area (Å²) in [6.45, 7) is 0.